The Kier molecular flexibility index (Phi) is 5.60. The highest BCUT2D eigenvalue weighted by Gasteiger charge is 2.36. The molecular weight excluding hydrogens is 365 g/mol. The van der Waals surface area contributed by atoms with E-state index < -0.39 is 6.17 Å². The number of carbonyl (C=O) groups is 1. The second-order valence-electron chi connectivity index (χ2n) is 8.13. The molecule has 2 saturated heterocycles. The van der Waals surface area contributed by atoms with Crippen molar-refractivity contribution in [3.8, 4) is 0 Å². The first-order valence-corrected chi connectivity index (χ1v) is 11.3. The van der Waals surface area contributed by atoms with Crippen molar-refractivity contribution in [1.82, 2.24) is 14.4 Å². The number of likely N-dealkylation sites (tertiary alicyclic amines) is 2. The fraction of sp³-hybridized carbons (Fsp3) is 0.700. The number of fused-ring (bicyclic) bond motifs is 4. The number of amides is 1. The predicted molar refractivity (Wildman–Crippen MR) is 106 cm³/mol. The van der Waals surface area contributed by atoms with E-state index >= 15 is 0 Å². The van der Waals surface area contributed by atoms with E-state index in [-0.39, 0.29) is 23.6 Å². The van der Waals surface area contributed by atoms with Crippen LogP contribution in [-0.2, 0) is 6.54 Å². The zero-order chi connectivity index (χ0) is 19.0. The van der Waals surface area contributed by atoms with Crippen LogP contribution in [0.5, 0.6) is 0 Å². The summed E-state index contributed by atoms with van der Waals surface area (Å²) >= 11 is 1.89. The monoisotopic (exact) mass is 393 g/mol. The van der Waals surface area contributed by atoms with E-state index in [4.69, 9.17) is 0 Å². The molecule has 0 spiro atoms. The van der Waals surface area contributed by atoms with E-state index in [0.29, 0.717) is 31.3 Å². The molecule has 0 unspecified atom stereocenters. The molecule has 3 aliphatic heterocycles. The number of nitrogens with zero attached hydrogens (tertiary/aromatic N) is 3. The molecule has 1 aromatic heterocycles. The van der Waals surface area contributed by atoms with Gasteiger partial charge in [0, 0.05) is 37.8 Å². The van der Waals surface area contributed by atoms with Crippen molar-refractivity contribution in [3.63, 3.8) is 0 Å². The molecule has 5 nitrogen and oxygen atoms in total. The highest BCUT2D eigenvalue weighted by molar-refractivity contribution is 7.98. The van der Waals surface area contributed by atoms with Crippen molar-refractivity contribution in [3.05, 3.63) is 33.7 Å². The number of halogens is 1. The van der Waals surface area contributed by atoms with E-state index in [0.717, 1.165) is 31.7 Å². The minimum absolute atomic E-state index is 0.107. The molecule has 4 rings (SSSR count). The molecule has 27 heavy (non-hydrogen) atoms. The Hall–Kier alpha value is -1.34. The third kappa shape index (κ3) is 3.81. The van der Waals surface area contributed by atoms with Gasteiger partial charge in [-0.15, -0.1) is 0 Å². The van der Waals surface area contributed by atoms with Crippen LogP contribution in [0.25, 0.3) is 0 Å². The van der Waals surface area contributed by atoms with Crippen molar-refractivity contribution in [2.45, 2.75) is 37.9 Å². The van der Waals surface area contributed by atoms with E-state index in [9.17, 15) is 14.0 Å². The van der Waals surface area contributed by atoms with Gasteiger partial charge >= 0.3 is 0 Å². The summed E-state index contributed by atoms with van der Waals surface area (Å²) in [5, 5.41) is 0. The van der Waals surface area contributed by atoms with Gasteiger partial charge in [-0.25, -0.2) is 4.39 Å². The van der Waals surface area contributed by atoms with Crippen LogP contribution in [-0.4, -0.2) is 71.2 Å². The van der Waals surface area contributed by atoms with Crippen LogP contribution in [0, 0.1) is 5.92 Å². The number of hydrogen-bond acceptors (Lipinski definition) is 4. The number of hydrogen-bond donors (Lipinski definition) is 0. The Balaban J connectivity index is 1.53. The summed E-state index contributed by atoms with van der Waals surface area (Å²) in [4.78, 5) is 29.7. The Morgan fingerprint density at radius 2 is 2.11 bits per heavy atom. The molecule has 1 amide bonds. The molecule has 0 N–H and O–H groups in total. The van der Waals surface area contributed by atoms with Crippen LogP contribution >= 0.6 is 11.8 Å². The normalized spacial score (nSPS) is 27.6. The van der Waals surface area contributed by atoms with E-state index in [2.05, 4.69) is 11.2 Å². The molecule has 1 aromatic rings. The highest BCUT2D eigenvalue weighted by Crippen LogP contribution is 2.35. The second-order valence-corrected chi connectivity index (χ2v) is 9.11. The summed E-state index contributed by atoms with van der Waals surface area (Å²) in [7, 11) is 0. The van der Waals surface area contributed by atoms with Crippen LogP contribution < -0.4 is 5.56 Å². The molecule has 3 atom stereocenters. The lowest BCUT2D eigenvalue weighted by molar-refractivity contribution is 0.0778. The fourth-order valence-electron chi connectivity index (χ4n) is 4.90. The third-order valence-corrected chi connectivity index (χ3v) is 6.85. The number of carbonyl (C=O) groups excluding carboxylic acids is 1. The maximum atomic E-state index is 13.4. The molecule has 2 bridgehead atoms. The maximum absolute atomic E-state index is 13.4. The fourth-order valence-corrected chi connectivity index (χ4v) is 5.31. The summed E-state index contributed by atoms with van der Waals surface area (Å²) in [5.74, 6) is 1.70. The summed E-state index contributed by atoms with van der Waals surface area (Å²) in [6, 6.07) is 3.64. The van der Waals surface area contributed by atoms with Crippen molar-refractivity contribution in [2.24, 2.45) is 5.92 Å². The molecule has 0 aromatic carbocycles. The Morgan fingerprint density at radius 1 is 1.26 bits per heavy atom. The van der Waals surface area contributed by atoms with Crippen molar-refractivity contribution < 1.29 is 9.18 Å². The van der Waals surface area contributed by atoms with Crippen LogP contribution in [0.3, 0.4) is 0 Å². The van der Waals surface area contributed by atoms with Gasteiger partial charge in [-0.3, -0.25) is 9.59 Å². The van der Waals surface area contributed by atoms with Gasteiger partial charge in [-0.05, 0) is 55.9 Å². The van der Waals surface area contributed by atoms with Gasteiger partial charge in [0.25, 0.3) is 11.5 Å². The first-order valence-electron chi connectivity index (χ1n) is 9.95. The first-order chi connectivity index (χ1) is 13.1. The van der Waals surface area contributed by atoms with Crippen LogP contribution in [0.1, 0.15) is 41.2 Å². The van der Waals surface area contributed by atoms with Crippen LogP contribution in [0.15, 0.2) is 16.9 Å². The highest BCUT2D eigenvalue weighted by atomic mass is 32.2. The van der Waals surface area contributed by atoms with Crippen molar-refractivity contribution >= 4 is 17.7 Å². The van der Waals surface area contributed by atoms with Gasteiger partial charge in [0.2, 0.25) is 0 Å². The maximum Gasteiger partial charge on any atom is 0.263 e. The molecule has 3 aliphatic rings. The second kappa shape index (κ2) is 7.95. The average Bonchev–Trinajstić information content (AvgIpc) is 3.09. The largest absolute Gasteiger partial charge is 0.335 e. The summed E-state index contributed by atoms with van der Waals surface area (Å²) in [6.45, 7) is 4.34. The van der Waals surface area contributed by atoms with E-state index in [1.807, 2.05) is 22.4 Å². The number of piperidine rings is 1. The van der Waals surface area contributed by atoms with Gasteiger partial charge < -0.3 is 14.4 Å². The third-order valence-electron chi connectivity index (χ3n) is 6.15. The van der Waals surface area contributed by atoms with Gasteiger partial charge in [0.05, 0.1) is 6.54 Å². The SMILES string of the molecule is CSCCCN1C[C@@H]2C[C@H](C1)c1ccc(C(=O)N3CC[C@H](F)C3)c(=O)n1C2. The first kappa shape index (κ1) is 19.0. The average molecular weight is 394 g/mol. The number of aromatic nitrogens is 1. The lowest BCUT2D eigenvalue weighted by atomic mass is 9.83. The molecule has 148 valence electrons. The molecule has 2 fully saturated rings. The molecular formula is C20H28FN3O2S. The zero-order valence-electron chi connectivity index (χ0n) is 15.9. The quantitative estimate of drug-likeness (QED) is 0.720. The smallest absolute Gasteiger partial charge is 0.263 e. The number of thioether (sulfide) groups is 1. The standard InChI is InChI=1S/C20H28FN3O2S/c1-27-8-2-6-22-10-14-9-15(12-22)18-4-3-17(20(26)24(18)11-14)19(25)23-7-5-16(21)13-23/h3-4,14-16H,2,5-13H2,1H3/t14-,15+,16-/m0/s1. The Labute approximate surface area is 163 Å². The molecule has 4 heterocycles. The van der Waals surface area contributed by atoms with Gasteiger partial charge in [-0.1, -0.05) is 0 Å². The predicted octanol–water partition coefficient (Wildman–Crippen LogP) is 2.20. The summed E-state index contributed by atoms with van der Waals surface area (Å²) in [6.07, 6.45) is 3.87. The van der Waals surface area contributed by atoms with E-state index in [1.54, 1.807) is 6.07 Å². The molecule has 7 heteroatoms. The van der Waals surface area contributed by atoms with Crippen LogP contribution in [0.4, 0.5) is 4.39 Å². The molecule has 0 aliphatic carbocycles. The number of pyridine rings is 1. The zero-order valence-corrected chi connectivity index (χ0v) is 16.7. The molecule has 0 radical (unpaired) electrons. The number of alkyl halides is 1. The van der Waals surface area contributed by atoms with Crippen molar-refractivity contribution in [1.29, 1.82) is 0 Å². The summed E-state index contributed by atoms with van der Waals surface area (Å²) in [5.41, 5.74) is 1.07. The lowest BCUT2D eigenvalue weighted by Crippen LogP contribution is -2.48. The van der Waals surface area contributed by atoms with Gasteiger partial charge in [-0.2, -0.15) is 11.8 Å². The Bertz CT molecular complexity index is 768. The summed E-state index contributed by atoms with van der Waals surface area (Å²) < 4.78 is 15.3. The van der Waals surface area contributed by atoms with Gasteiger partial charge in [0.1, 0.15) is 11.7 Å². The minimum Gasteiger partial charge on any atom is -0.335 e. The number of rotatable bonds is 5. The topological polar surface area (TPSA) is 45.6 Å². The lowest BCUT2D eigenvalue weighted by Gasteiger charge is -2.43. The van der Waals surface area contributed by atoms with Gasteiger partial charge in [0.15, 0.2) is 0 Å². The Morgan fingerprint density at radius 3 is 2.85 bits per heavy atom. The minimum atomic E-state index is -0.967. The van der Waals surface area contributed by atoms with Crippen molar-refractivity contribution in [2.75, 3.05) is 44.7 Å². The van der Waals surface area contributed by atoms with E-state index in [1.165, 1.54) is 17.1 Å². The van der Waals surface area contributed by atoms with Crippen LogP contribution in [0.2, 0.25) is 0 Å². The molecule has 0 saturated carbocycles.